The molecule has 16 heavy (non-hydrogen) atoms. The second-order valence-electron chi connectivity index (χ2n) is 3.39. The van der Waals surface area contributed by atoms with Crippen molar-refractivity contribution in [2.24, 2.45) is 0 Å². The van der Waals surface area contributed by atoms with Gasteiger partial charge in [0.25, 0.3) is 0 Å². The van der Waals surface area contributed by atoms with Crippen LogP contribution in [-0.2, 0) is 10.5 Å². The van der Waals surface area contributed by atoms with E-state index in [1.807, 2.05) is 24.3 Å². The maximum absolute atomic E-state index is 10.6. The zero-order chi connectivity index (χ0) is 11.8. The summed E-state index contributed by atoms with van der Waals surface area (Å²) in [7, 11) is 0. The van der Waals surface area contributed by atoms with E-state index in [2.05, 4.69) is 29.8 Å². The highest BCUT2D eigenvalue weighted by molar-refractivity contribution is 7.79. The molecule has 0 fully saturated rings. The number of benzene rings is 1. The van der Waals surface area contributed by atoms with E-state index in [0.717, 1.165) is 16.9 Å². The quantitative estimate of drug-likeness (QED) is 0.466. The Kier molecular flexibility index (Phi) is 5.52. The van der Waals surface area contributed by atoms with Crippen molar-refractivity contribution >= 4 is 18.5 Å². The molecule has 3 heteroatoms. The van der Waals surface area contributed by atoms with Gasteiger partial charge in [-0.05, 0) is 17.7 Å². The first-order valence-corrected chi connectivity index (χ1v) is 5.78. The van der Waals surface area contributed by atoms with Crippen LogP contribution in [0.2, 0.25) is 0 Å². The third-order valence-corrected chi connectivity index (χ3v) is 2.33. The van der Waals surface area contributed by atoms with Crippen molar-refractivity contribution in [1.82, 2.24) is 5.32 Å². The zero-order valence-electron chi connectivity index (χ0n) is 9.29. The number of hydrogen-bond acceptors (Lipinski definition) is 2. The van der Waals surface area contributed by atoms with Gasteiger partial charge in [-0.2, -0.15) is 12.6 Å². The van der Waals surface area contributed by atoms with Crippen molar-refractivity contribution in [1.29, 1.82) is 0 Å². The van der Waals surface area contributed by atoms with Crippen LogP contribution in [0.3, 0.4) is 0 Å². The first-order valence-electron chi connectivity index (χ1n) is 5.15. The van der Waals surface area contributed by atoms with E-state index >= 15 is 0 Å². The minimum atomic E-state index is -0.0149. The van der Waals surface area contributed by atoms with E-state index in [0.29, 0.717) is 13.0 Å². The van der Waals surface area contributed by atoms with E-state index in [9.17, 15) is 4.79 Å². The van der Waals surface area contributed by atoms with Crippen LogP contribution >= 0.6 is 12.6 Å². The summed E-state index contributed by atoms with van der Waals surface area (Å²) >= 11 is 4.21. The number of carbonyl (C=O) groups excluding carboxylic acids is 1. The normalized spacial score (nSPS) is 9.12. The fourth-order valence-corrected chi connectivity index (χ4v) is 1.41. The van der Waals surface area contributed by atoms with Crippen LogP contribution in [0.25, 0.3) is 0 Å². The van der Waals surface area contributed by atoms with Gasteiger partial charge in [-0.15, -0.1) is 0 Å². The van der Waals surface area contributed by atoms with Crippen LogP contribution in [0, 0.1) is 11.8 Å². The van der Waals surface area contributed by atoms with Crippen molar-refractivity contribution in [3.63, 3.8) is 0 Å². The molecule has 0 bridgehead atoms. The minimum Gasteiger partial charge on any atom is -0.355 e. The molecule has 1 aromatic rings. The largest absolute Gasteiger partial charge is 0.355 e. The Morgan fingerprint density at radius 3 is 3.00 bits per heavy atom. The summed E-state index contributed by atoms with van der Waals surface area (Å²) in [6.45, 7) is 2.11. The predicted octanol–water partition coefficient (Wildman–Crippen LogP) is 1.99. The lowest BCUT2D eigenvalue weighted by molar-refractivity contribution is -0.118. The molecular weight excluding hydrogens is 218 g/mol. The minimum absolute atomic E-state index is 0.0149. The van der Waals surface area contributed by atoms with Crippen molar-refractivity contribution < 1.29 is 4.79 Å². The van der Waals surface area contributed by atoms with E-state index in [1.165, 1.54) is 6.92 Å². The standard InChI is InChI=1S/C13H15NOS/c1-11(15)14-8-3-2-5-12-6-4-7-13(9-12)10-16/h4,6-7,9,16H,3,8,10H2,1H3,(H,14,15). The van der Waals surface area contributed by atoms with Gasteiger partial charge in [0.1, 0.15) is 0 Å². The van der Waals surface area contributed by atoms with Crippen molar-refractivity contribution in [3.8, 4) is 11.8 Å². The molecule has 1 amide bonds. The average molecular weight is 233 g/mol. The number of thiol groups is 1. The SMILES string of the molecule is CC(=O)NCCC#Cc1cccc(CS)c1. The van der Waals surface area contributed by atoms with Crippen LogP contribution < -0.4 is 5.32 Å². The van der Waals surface area contributed by atoms with Crippen LogP contribution in [0.5, 0.6) is 0 Å². The molecule has 0 unspecified atom stereocenters. The maximum atomic E-state index is 10.6. The molecule has 0 aromatic heterocycles. The first kappa shape index (κ1) is 12.7. The Hall–Kier alpha value is -1.40. The molecule has 0 saturated carbocycles. The van der Waals surface area contributed by atoms with Gasteiger partial charge in [-0.25, -0.2) is 0 Å². The second kappa shape index (κ2) is 6.97. The Labute approximate surface area is 102 Å². The maximum Gasteiger partial charge on any atom is 0.216 e. The number of nitrogens with one attached hydrogen (secondary N) is 1. The summed E-state index contributed by atoms with van der Waals surface area (Å²) in [5, 5.41) is 2.70. The average Bonchev–Trinajstić information content (AvgIpc) is 2.28. The van der Waals surface area contributed by atoms with Gasteiger partial charge < -0.3 is 5.32 Å². The van der Waals surface area contributed by atoms with Crippen molar-refractivity contribution in [2.45, 2.75) is 19.1 Å². The number of rotatable bonds is 3. The smallest absolute Gasteiger partial charge is 0.216 e. The molecule has 1 rings (SSSR count). The molecule has 0 radical (unpaired) electrons. The molecule has 84 valence electrons. The summed E-state index contributed by atoms with van der Waals surface area (Å²) in [4.78, 5) is 10.6. The summed E-state index contributed by atoms with van der Waals surface area (Å²) in [6, 6.07) is 8.00. The van der Waals surface area contributed by atoms with Crippen LogP contribution in [0.4, 0.5) is 0 Å². The Balaban J connectivity index is 2.46. The van der Waals surface area contributed by atoms with E-state index < -0.39 is 0 Å². The van der Waals surface area contributed by atoms with E-state index in [-0.39, 0.29) is 5.91 Å². The first-order chi connectivity index (χ1) is 7.72. The Bertz CT molecular complexity index is 417. The molecule has 0 heterocycles. The van der Waals surface area contributed by atoms with Crippen LogP contribution in [0.15, 0.2) is 24.3 Å². The van der Waals surface area contributed by atoms with Gasteiger partial charge in [0.05, 0.1) is 0 Å². The van der Waals surface area contributed by atoms with Gasteiger partial charge in [-0.3, -0.25) is 4.79 Å². The molecule has 0 spiro atoms. The third kappa shape index (κ3) is 4.90. The summed E-state index contributed by atoms with van der Waals surface area (Å²) < 4.78 is 0. The fraction of sp³-hybridized carbons (Fsp3) is 0.308. The van der Waals surface area contributed by atoms with Gasteiger partial charge in [0.15, 0.2) is 0 Å². The van der Waals surface area contributed by atoms with E-state index in [4.69, 9.17) is 0 Å². The van der Waals surface area contributed by atoms with Crippen LogP contribution in [0.1, 0.15) is 24.5 Å². The number of carbonyl (C=O) groups is 1. The predicted molar refractivity (Wildman–Crippen MR) is 69.3 cm³/mol. The molecule has 2 nitrogen and oxygen atoms in total. The Morgan fingerprint density at radius 1 is 1.50 bits per heavy atom. The molecule has 0 aliphatic carbocycles. The Morgan fingerprint density at radius 2 is 2.31 bits per heavy atom. The van der Waals surface area contributed by atoms with E-state index in [1.54, 1.807) is 0 Å². The van der Waals surface area contributed by atoms with Crippen LogP contribution in [-0.4, -0.2) is 12.5 Å². The summed E-state index contributed by atoms with van der Waals surface area (Å²) in [5.74, 6) is 6.79. The summed E-state index contributed by atoms with van der Waals surface area (Å²) in [6.07, 6.45) is 0.671. The lowest BCUT2D eigenvalue weighted by Gasteiger charge is -1.96. The van der Waals surface area contributed by atoms with Gasteiger partial charge in [0, 0.05) is 31.2 Å². The van der Waals surface area contributed by atoms with Gasteiger partial charge in [0.2, 0.25) is 5.91 Å². The second-order valence-corrected chi connectivity index (χ2v) is 3.71. The number of amides is 1. The molecular formula is C13H15NOS. The molecule has 1 N–H and O–H groups in total. The molecule has 0 aliphatic heterocycles. The van der Waals surface area contributed by atoms with Gasteiger partial charge >= 0.3 is 0 Å². The highest BCUT2D eigenvalue weighted by Crippen LogP contribution is 2.06. The molecule has 0 atom stereocenters. The highest BCUT2D eigenvalue weighted by Gasteiger charge is 1.90. The van der Waals surface area contributed by atoms with Gasteiger partial charge in [-0.1, -0.05) is 24.0 Å². The lowest BCUT2D eigenvalue weighted by Crippen LogP contribution is -2.20. The zero-order valence-corrected chi connectivity index (χ0v) is 10.2. The molecule has 1 aromatic carbocycles. The summed E-state index contributed by atoms with van der Waals surface area (Å²) in [5.41, 5.74) is 2.16. The topological polar surface area (TPSA) is 29.1 Å². The monoisotopic (exact) mass is 233 g/mol. The fourth-order valence-electron chi connectivity index (χ4n) is 1.21. The molecule has 0 saturated heterocycles. The number of hydrogen-bond donors (Lipinski definition) is 2. The third-order valence-electron chi connectivity index (χ3n) is 1.97. The highest BCUT2D eigenvalue weighted by atomic mass is 32.1. The van der Waals surface area contributed by atoms with Crippen molar-refractivity contribution in [2.75, 3.05) is 6.54 Å². The van der Waals surface area contributed by atoms with Crippen molar-refractivity contribution in [3.05, 3.63) is 35.4 Å². The lowest BCUT2D eigenvalue weighted by atomic mass is 10.1. The molecule has 0 aliphatic rings.